The summed E-state index contributed by atoms with van der Waals surface area (Å²) in [6.07, 6.45) is 0.645. The topological polar surface area (TPSA) is 146 Å². The van der Waals surface area contributed by atoms with Gasteiger partial charge in [-0.3, -0.25) is 9.69 Å². The first-order chi connectivity index (χ1) is 16.3. The van der Waals surface area contributed by atoms with Crippen molar-refractivity contribution in [2.45, 2.75) is 18.9 Å². The Labute approximate surface area is 194 Å². The maximum Gasteiger partial charge on any atom is 0.414 e. The molecule has 1 fully saturated rings. The van der Waals surface area contributed by atoms with Crippen molar-refractivity contribution in [3.63, 3.8) is 0 Å². The number of carboxylic acid groups (broad SMARTS) is 2. The van der Waals surface area contributed by atoms with Crippen molar-refractivity contribution >= 4 is 17.8 Å². The molecule has 1 amide bonds. The van der Waals surface area contributed by atoms with Gasteiger partial charge in [-0.05, 0) is 23.3 Å². The second-order valence-electron chi connectivity index (χ2n) is 7.62. The molecule has 0 saturated carbocycles. The fourth-order valence-electron chi connectivity index (χ4n) is 3.20. The minimum atomic E-state index is -1.82. The lowest BCUT2D eigenvalue weighted by Crippen LogP contribution is -2.49. The molecule has 34 heavy (non-hydrogen) atoms. The van der Waals surface area contributed by atoms with Crippen LogP contribution in [0.2, 0.25) is 0 Å². The van der Waals surface area contributed by atoms with E-state index in [1.54, 1.807) is 12.1 Å². The van der Waals surface area contributed by atoms with Gasteiger partial charge in [-0.15, -0.1) is 0 Å². The van der Waals surface area contributed by atoms with Gasteiger partial charge in [0.05, 0.1) is 12.5 Å². The van der Waals surface area contributed by atoms with E-state index in [1.807, 2.05) is 35.2 Å². The third kappa shape index (κ3) is 7.48. The summed E-state index contributed by atoms with van der Waals surface area (Å²) in [6, 6.07) is 16.1. The van der Waals surface area contributed by atoms with Crippen LogP contribution in [-0.4, -0.2) is 62.7 Å². The van der Waals surface area contributed by atoms with Crippen molar-refractivity contribution in [2.24, 2.45) is 0 Å². The predicted octanol–water partition coefficient (Wildman–Crippen LogP) is 1.67. The molecular weight excluding hydrogens is 447 g/mol. The van der Waals surface area contributed by atoms with Crippen LogP contribution in [0.5, 0.6) is 0 Å². The molecule has 0 unspecified atom stereocenters. The van der Waals surface area contributed by atoms with Crippen molar-refractivity contribution in [1.82, 2.24) is 20.4 Å². The normalized spacial score (nSPS) is 13.3. The van der Waals surface area contributed by atoms with E-state index in [1.165, 1.54) is 12.1 Å². The summed E-state index contributed by atoms with van der Waals surface area (Å²) < 4.78 is 18.3. The second kappa shape index (κ2) is 11.7. The smallest absolute Gasteiger partial charge is 0.414 e. The van der Waals surface area contributed by atoms with E-state index >= 15 is 0 Å². The summed E-state index contributed by atoms with van der Waals surface area (Å²) in [6.45, 7) is 2.15. The first kappa shape index (κ1) is 24.5. The Morgan fingerprint density at radius 2 is 1.65 bits per heavy atom. The van der Waals surface area contributed by atoms with Gasteiger partial charge >= 0.3 is 11.9 Å². The summed E-state index contributed by atoms with van der Waals surface area (Å²) in [7, 11) is 0. The van der Waals surface area contributed by atoms with Gasteiger partial charge in [0.25, 0.3) is 0 Å². The van der Waals surface area contributed by atoms with E-state index < -0.39 is 11.9 Å². The van der Waals surface area contributed by atoms with Crippen LogP contribution >= 0.6 is 0 Å². The Bertz CT molecular complexity index is 1100. The number of likely N-dealkylation sites (tertiary alicyclic amines) is 1. The quantitative estimate of drug-likeness (QED) is 0.439. The molecule has 2 heterocycles. The van der Waals surface area contributed by atoms with E-state index in [4.69, 9.17) is 24.3 Å². The van der Waals surface area contributed by atoms with Crippen molar-refractivity contribution in [2.75, 3.05) is 19.6 Å². The molecule has 0 aliphatic carbocycles. The first-order valence-electron chi connectivity index (χ1n) is 10.4. The summed E-state index contributed by atoms with van der Waals surface area (Å²) in [5, 5.41) is 21.7. The molecule has 3 aromatic rings. The van der Waals surface area contributed by atoms with Gasteiger partial charge < -0.3 is 20.1 Å². The number of halogens is 1. The Morgan fingerprint density at radius 1 is 1.00 bits per heavy atom. The molecule has 1 aliphatic rings. The van der Waals surface area contributed by atoms with Gasteiger partial charge in [0, 0.05) is 26.1 Å². The number of rotatable bonds is 7. The molecule has 178 valence electrons. The second-order valence-corrected chi connectivity index (χ2v) is 7.62. The average Bonchev–Trinajstić information content (AvgIpc) is 3.24. The van der Waals surface area contributed by atoms with E-state index in [0.717, 1.165) is 24.2 Å². The number of nitrogens with zero attached hydrogens (tertiary/aromatic N) is 3. The molecule has 2 aromatic carbocycles. The van der Waals surface area contributed by atoms with Crippen LogP contribution in [0.15, 0.2) is 59.1 Å². The van der Waals surface area contributed by atoms with Crippen LogP contribution in [0.3, 0.4) is 0 Å². The van der Waals surface area contributed by atoms with Gasteiger partial charge in [0.2, 0.25) is 11.8 Å². The zero-order chi connectivity index (χ0) is 24.5. The summed E-state index contributed by atoms with van der Waals surface area (Å²) in [5.41, 5.74) is 2.01. The van der Waals surface area contributed by atoms with Gasteiger partial charge in [-0.1, -0.05) is 47.6 Å². The third-order valence-corrected chi connectivity index (χ3v) is 4.95. The molecule has 1 aromatic heterocycles. The molecule has 1 aliphatic heterocycles. The highest BCUT2D eigenvalue weighted by atomic mass is 19.1. The number of aromatic nitrogens is 2. The molecule has 10 nitrogen and oxygen atoms in total. The Hall–Kier alpha value is -4.12. The molecular formula is C23H23FN4O6. The SMILES string of the molecule is O=C(CN1CC(c2nc(Cc3ccccc3)no2)C1)NCc1ccc(F)cc1.O=C(O)C(=O)O. The number of carbonyl (C=O) groups is 3. The standard InChI is InChI=1S/C21H21FN4O2.C2H2O4/c22-18-8-6-16(7-9-18)11-23-20(27)14-26-12-17(13-26)21-24-19(25-28-21)10-15-4-2-1-3-5-15;3-1(4)2(5)6/h1-9,17H,10-14H2,(H,23,27);(H,3,4)(H,5,6). The average molecular weight is 470 g/mol. The molecule has 3 N–H and O–H groups in total. The number of hydrogen-bond acceptors (Lipinski definition) is 7. The fraction of sp³-hybridized carbons (Fsp3) is 0.261. The largest absolute Gasteiger partial charge is 0.473 e. The number of carboxylic acids is 2. The Balaban J connectivity index is 0.000000481. The van der Waals surface area contributed by atoms with Gasteiger partial charge in [0.1, 0.15) is 5.82 Å². The molecule has 0 spiro atoms. The van der Waals surface area contributed by atoms with Crippen LogP contribution in [0.4, 0.5) is 4.39 Å². The molecule has 0 atom stereocenters. The number of hydrogen-bond donors (Lipinski definition) is 3. The summed E-state index contributed by atoms with van der Waals surface area (Å²) in [4.78, 5) is 36.8. The van der Waals surface area contributed by atoms with E-state index in [-0.39, 0.29) is 17.6 Å². The Kier molecular flexibility index (Phi) is 8.41. The van der Waals surface area contributed by atoms with Crippen LogP contribution < -0.4 is 5.32 Å². The van der Waals surface area contributed by atoms with E-state index in [0.29, 0.717) is 31.2 Å². The Morgan fingerprint density at radius 3 is 2.26 bits per heavy atom. The van der Waals surface area contributed by atoms with Crippen molar-refractivity contribution in [3.8, 4) is 0 Å². The third-order valence-electron chi connectivity index (χ3n) is 4.95. The highest BCUT2D eigenvalue weighted by Crippen LogP contribution is 2.25. The van der Waals surface area contributed by atoms with E-state index in [2.05, 4.69) is 15.5 Å². The molecule has 4 rings (SSSR count). The molecule has 0 bridgehead atoms. The van der Waals surface area contributed by atoms with Crippen LogP contribution in [0.1, 0.15) is 28.8 Å². The number of nitrogens with one attached hydrogen (secondary N) is 1. The zero-order valence-electron chi connectivity index (χ0n) is 18.1. The number of aliphatic carboxylic acids is 2. The van der Waals surface area contributed by atoms with Gasteiger partial charge in [-0.25, -0.2) is 14.0 Å². The molecule has 1 saturated heterocycles. The minimum absolute atomic E-state index is 0.0573. The van der Waals surface area contributed by atoms with E-state index in [9.17, 15) is 9.18 Å². The van der Waals surface area contributed by atoms with Crippen LogP contribution in [0, 0.1) is 5.82 Å². The monoisotopic (exact) mass is 470 g/mol. The van der Waals surface area contributed by atoms with Gasteiger partial charge in [-0.2, -0.15) is 4.98 Å². The predicted molar refractivity (Wildman–Crippen MR) is 116 cm³/mol. The van der Waals surface area contributed by atoms with Crippen molar-refractivity contribution < 1.29 is 33.5 Å². The van der Waals surface area contributed by atoms with Crippen LogP contribution in [0.25, 0.3) is 0 Å². The van der Waals surface area contributed by atoms with Crippen molar-refractivity contribution in [1.29, 1.82) is 0 Å². The lowest BCUT2D eigenvalue weighted by atomic mass is 10.0. The number of carbonyl (C=O) groups excluding carboxylic acids is 1. The van der Waals surface area contributed by atoms with Crippen LogP contribution in [-0.2, 0) is 27.3 Å². The molecule has 11 heteroatoms. The van der Waals surface area contributed by atoms with Gasteiger partial charge in [0.15, 0.2) is 5.82 Å². The minimum Gasteiger partial charge on any atom is -0.473 e. The summed E-state index contributed by atoms with van der Waals surface area (Å²) >= 11 is 0. The lowest BCUT2D eigenvalue weighted by molar-refractivity contribution is -0.159. The maximum absolute atomic E-state index is 12.9. The van der Waals surface area contributed by atoms with Crippen molar-refractivity contribution in [3.05, 3.63) is 83.3 Å². The lowest BCUT2D eigenvalue weighted by Gasteiger charge is -2.36. The highest BCUT2D eigenvalue weighted by Gasteiger charge is 2.33. The fourth-order valence-corrected chi connectivity index (χ4v) is 3.20. The number of benzene rings is 2. The number of amides is 1. The molecule has 0 radical (unpaired) electrons. The first-order valence-corrected chi connectivity index (χ1v) is 10.4. The maximum atomic E-state index is 12.9. The highest BCUT2D eigenvalue weighted by molar-refractivity contribution is 6.27. The summed E-state index contributed by atoms with van der Waals surface area (Å²) in [5.74, 6) is -2.51. The zero-order valence-corrected chi connectivity index (χ0v) is 18.1.